The van der Waals surface area contributed by atoms with E-state index in [1.165, 1.54) is 0 Å². The zero-order valence-electron chi connectivity index (χ0n) is 5.76. The third-order valence-corrected chi connectivity index (χ3v) is 0. The maximum Gasteiger partial charge on any atom is 0.0319 e. The Labute approximate surface area is 79.7 Å². The molecule has 0 aromatic heterocycles. The van der Waals surface area contributed by atoms with E-state index in [-0.39, 0.29) is 14.9 Å². The van der Waals surface area contributed by atoms with Gasteiger partial charge in [0.2, 0.25) is 0 Å². The fourth-order valence-electron chi connectivity index (χ4n) is 0. The van der Waals surface area contributed by atoms with Crippen molar-refractivity contribution in [2.45, 2.75) is 14.9 Å². The van der Waals surface area contributed by atoms with Gasteiger partial charge in [-0.1, -0.05) is 14.9 Å². The molecule has 11 heteroatoms. The van der Waals surface area contributed by atoms with Crippen LogP contribution in [0, 0.1) is 19.9 Å². The van der Waals surface area contributed by atoms with Crippen LogP contribution in [0.15, 0.2) is 0 Å². The summed E-state index contributed by atoms with van der Waals surface area (Å²) in [5.74, 6) is 0. The quantitative estimate of drug-likeness (QED) is 0.231. The van der Waals surface area contributed by atoms with Crippen molar-refractivity contribution in [3.05, 3.63) is 19.9 Å². The topological polar surface area (TPSA) is 210 Å². The Morgan fingerprint density at radius 2 is 0.500 bits per heavy atom. The van der Waals surface area contributed by atoms with Crippen molar-refractivity contribution in [2.75, 3.05) is 7.11 Å². The molecule has 96 valence electrons. The molecule has 0 unspecified atom stereocenters. The van der Waals surface area contributed by atoms with Gasteiger partial charge in [0.15, 0.2) is 0 Å². The van der Waals surface area contributed by atoms with Gasteiger partial charge in [-0.25, -0.2) is 0 Å². The molecular formula is C3H18O11. The van der Waals surface area contributed by atoms with Crippen molar-refractivity contribution in [1.82, 2.24) is 0 Å². The molecule has 14 heavy (non-hydrogen) atoms. The van der Waals surface area contributed by atoms with E-state index < -0.39 is 0 Å². The molecule has 0 amide bonds. The van der Waals surface area contributed by atoms with Gasteiger partial charge in [0, 0.05) is 27.0 Å². The van der Waals surface area contributed by atoms with Gasteiger partial charge in [-0.15, -0.1) is 0 Å². The Bertz CT molecular complexity index is 12.5. The highest BCUT2D eigenvalue weighted by Crippen LogP contribution is 0.756. The molecule has 0 heterocycles. The minimum absolute atomic E-state index is 0. The van der Waals surface area contributed by atoms with Gasteiger partial charge in [0.25, 0.3) is 0 Å². The molecule has 7 N–H and O–H groups in total. The van der Waals surface area contributed by atoms with Crippen LogP contribution in [0.4, 0.5) is 0 Å². The van der Waals surface area contributed by atoms with E-state index in [1.807, 2.05) is 0 Å². The van der Waals surface area contributed by atoms with Gasteiger partial charge in [0.05, 0.1) is 0 Å². The number of hydrogen-bond donors (Lipinski definition) is 7. The summed E-state index contributed by atoms with van der Waals surface area (Å²) in [5.41, 5.74) is 0. The number of hydrogen-bond acceptors (Lipinski definition) is 11. The second kappa shape index (κ2) is 1220. The summed E-state index contributed by atoms with van der Waals surface area (Å²) in [7, 11) is 1.00. The first kappa shape index (κ1) is 75.8. The Morgan fingerprint density at radius 3 is 0.500 bits per heavy atom. The highest BCUT2D eigenvalue weighted by atomic mass is 17.0. The lowest BCUT2D eigenvalue weighted by Gasteiger charge is -1.25. The molecule has 0 saturated heterocycles. The molecule has 11 nitrogen and oxygen atoms in total. The zero-order chi connectivity index (χ0) is 12.0. The predicted molar refractivity (Wildman–Crippen MR) is 50.8 cm³/mol. The summed E-state index contributed by atoms with van der Waals surface area (Å²) in [6.07, 6.45) is 0. The lowest BCUT2D eigenvalue weighted by atomic mass is 11.8. The normalized spacial score (nSPS) is 2.29. The van der Waals surface area contributed by atoms with E-state index in [1.54, 1.807) is 0 Å². The van der Waals surface area contributed by atoms with Gasteiger partial charge in [-0.2, -0.15) is 0 Å². The van der Waals surface area contributed by atoms with Crippen LogP contribution in [0.3, 0.4) is 0 Å². The molecule has 0 aromatic rings. The number of aliphatic hydroxyl groups excluding tert-OH is 1. The number of rotatable bonds is 0. The van der Waals surface area contributed by atoms with Crippen molar-refractivity contribution in [2.24, 2.45) is 0 Å². The first-order valence-corrected chi connectivity index (χ1v) is 1.38. The van der Waals surface area contributed by atoms with Gasteiger partial charge >= 0.3 is 0 Å². The second-order valence-corrected chi connectivity index (χ2v) is 0. The van der Waals surface area contributed by atoms with Crippen molar-refractivity contribution < 1.29 is 36.6 Å². The third-order valence-electron chi connectivity index (χ3n) is 0. The molecule has 0 aliphatic rings. The summed E-state index contributed by atoms with van der Waals surface area (Å²) >= 11 is 0. The van der Waals surface area contributed by atoms with Gasteiger partial charge in [0.1, 0.15) is 0 Å². The van der Waals surface area contributed by atoms with Gasteiger partial charge in [-0.3, -0.25) is 31.5 Å². The van der Waals surface area contributed by atoms with E-state index >= 15 is 0 Å². The van der Waals surface area contributed by atoms with Gasteiger partial charge < -0.3 is 5.11 Å². The maximum absolute atomic E-state index is 7.00. The first-order valence-electron chi connectivity index (χ1n) is 1.38. The lowest BCUT2D eigenvalue weighted by molar-refractivity contribution is -0.176. The minimum Gasteiger partial charge on any atom is -0.400 e. The van der Waals surface area contributed by atoms with Gasteiger partial charge in [-0.05, 0) is 0 Å². The van der Waals surface area contributed by atoms with Crippen LogP contribution >= 0.6 is 0 Å². The third kappa shape index (κ3) is 921. The summed E-state index contributed by atoms with van der Waals surface area (Å²) < 4.78 is 0. The minimum atomic E-state index is 0. The molecule has 0 fully saturated rings. The molecule has 0 aliphatic carbocycles. The maximum atomic E-state index is 7.00. The summed E-state index contributed by atoms with van der Waals surface area (Å²) in [6.45, 7) is 0. The average Bonchev–Trinajstić information content (AvgIpc) is 2.33. The van der Waals surface area contributed by atoms with Crippen LogP contribution in [0.1, 0.15) is 14.9 Å². The fourth-order valence-corrected chi connectivity index (χ4v) is 0. The molecule has 0 rings (SSSR count). The smallest absolute Gasteiger partial charge is 0.0319 e. The van der Waals surface area contributed by atoms with Crippen molar-refractivity contribution in [3.8, 4) is 0 Å². The number of aliphatic hydroxyl groups is 1. The van der Waals surface area contributed by atoms with E-state index in [9.17, 15) is 0 Å². The summed E-state index contributed by atoms with van der Waals surface area (Å²) in [6, 6.07) is 0. The Kier molecular flexibility index (Phi) is 6600. The van der Waals surface area contributed by atoms with Crippen molar-refractivity contribution in [1.29, 1.82) is 0 Å². The van der Waals surface area contributed by atoms with E-state index in [0.29, 0.717) is 0 Å². The van der Waals surface area contributed by atoms with Crippen LogP contribution in [0.25, 0.3) is 0 Å². The molecular weight excluding hydrogens is 212 g/mol. The molecule has 0 spiro atoms. The summed E-state index contributed by atoms with van der Waals surface area (Å²) in [5, 5.41) is 43.0. The monoisotopic (exact) mass is 230 g/mol. The van der Waals surface area contributed by atoms with Crippen LogP contribution < -0.4 is 0 Å². The SMILES string of the molecule is C.C.CO.O=O.O=O.OO.OO.OO. The Balaban J connectivity index is -0.00000000500. The Hall–Kier alpha value is -1.08. The zero-order valence-corrected chi connectivity index (χ0v) is 5.76. The molecule has 0 aromatic carbocycles. The molecule has 0 radical (unpaired) electrons. The molecule has 0 saturated carbocycles. The van der Waals surface area contributed by atoms with Crippen molar-refractivity contribution >= 4 is 0 Å². The highest BCUT2D eigenvalue weighted by molar-refractivity contribution is 4.08. The second-order valence-electron chi connectivity index (χ2n) is 0. The van der Waals surface area contributed by atoms with Crippen LogP contribution in [0.5, 0.6) is 0 Å². The first-order chi connectivity index (χ1) is 6.00. The van der Waals surface area contributed by atoms with Crippen LogP contribution in [-0.4, -0.2) is 43.8 Å². The standard InChI is InChI=1S/CH4O.2CH4.3H2O2.2O2/c1-2;;;5*1-2/h2H,1H3;2*1H4;3*1-2H;;. The molecule has 0 aliphatic heterocycles. The summed E-state index contributed by atoms with van der Waals surface area (Å²) in [4.78, 5) is 28.0. The van der Waals surface area contributed by atoms with Crippen molar-refractivity contribution in [3.63, 3.8) is 0 Å². The van der Waals surface area contributed by atoms with E-state index in [0.717, 1.165) is 7.11 Å². The van der Waals surface area contributed by atoms with E-state index in [2.05, 4.69) is 0 Å². The lowest BCUT2D eigenvalue weighted by Crippen LogP contribution is -1.29. The predicted octanol–water partition coefficient (Wildman–Crippen LogP) is 1.07. The fraction of sp³-hybridized carbons (Fsp3) is 1.00. The molecule has 0 atom stereocenters. The van der Waals surface area contributed by atoms with Crippen LogP contribution in [-0.2, 0) is 0 Å². The average molecular weight is 230 g/mol. The Morgan fingerprint density at radius 1 is 0.500 bits per heavy atom. The van der Waals surface area contributed by atoms with E-state index in [4.69, 9.17) is 56.5 Å². The molecule has 0 bridgehead atoms. The highest BCUT2D eigenvalue weighted by Gasteiger charge is 0.839. The van der Waals surface area contributed by atoms with Crippen LogP contribution in [0.2, 0.25) is 0 Å². The largest absolute Gasteiger partial charge is 0.400 e.